The quantitative estimate of drug-likeness (QED) is 0.880. The molecule has 1 aromatic carbocycles. The molecule has 2 atom stereocenters. The molecule has 3 rings (SSSR count). The Kier molecular flexibility index (Phi) is 3.51. The maximum Gasteiger partial charge on any atom is 0.227 e. The topological polar surface area (TPSA) is 32.3 Å². The molecule has 1 N–H and O–H groups in total. The van der Waals surface area contributed by atoms with Crippen molar-refractivity contribution in [2.45, 2.75) is 37.8 Å². The Morgan fingerprint density at radius 3 is 2.74 bits per heavy atom. The first-order chi connectivity index (χ1) is 9.20. The number of fused-ring (bicyclic) bond motifs is 2. The number of nitrogens with one attached hydrogen (secondary N) is 1. The second-order valence-electron chi connectivity index (χ2n) is 5.57. The van der Waals surface area contributed by atoms with Crippen molar-refractivity contribution in [3.63, 3.8) is 0 Å². The third-order valence-electron chi connectivity index (χ3n) is 4.14. The summed E-state index contributed by atoms with van der Waals surface area (Å²) >= 11 is 0. The van der Waals surface area contributed by atoms with E-state index >= 15 is 0 Å². The zero-order valence-corrected chi connectivity index (χ0v) is 10.9. The molecule has 3 nitrogen and oxygen atoms in total. The highest BCUT2D eigenvalue weighted by atomic mass is 19.1. The number of amides is 1. The third kappa shape index (κ3) is 2.95. The number of rotatable bonds is 2. The summed E-state index contributed by atoms with van der Waals surface area (Å²) in [6.45, 7) is 1.66. The highest BCUT2D eigenvalue weighted by Gasteiger charge is 2.30. The molecule has 2 fully saturated rings. The molecule has 2 bridgehead atoms. The molecule has 1 aromatic rings. The number of hydrogen-bond donors (Lipinski definition) is 1. The zero-order valence-electron chi connectivity index (χ0n) is 10.9. The Hall–Kier alpha value is -1.42. The minimum Gasteiger partial charge on any atom is -0.341 e. The van der Waals surface area contributed by atoms with E-state index in [-0.39, 0.29) is 11.7 Å². The van der Waals surface area contributed by atoms with E-state index in [4.69, 9.17) is 0 Å². The van der Waals surface area contributed by atoms with Crippen LogP contribution in [0.1, 0.15) is 24.8 Å². The normalized spacial score (nSPS) is 26.3. The molecule has 1 amide bonds. The molecular weight excluding hydrogens is 243 g/mol. The van der Waals surface area contributed by atoms with Crippen molar-refractivity contribution in [1.29, 1.82) is 0 Å². The zero-order chi connectivity index (χ0) is 13.2. The van der Waals surface area contributed by atoms with Crippen molar-refractivity contribution in [2.75, 3.05) is 13.1 Å². The van der Waals surface area contributed by atoms with E-state index in [0.717, 1.165) is 25.1 Å². The second kappa shape index (κ2) is 5.29. The second-order valence-corrected chi connectivity index (χ2v) is 5.57. The summed E-state index contributed by atoms with van der Waals surface area (Å²) in [6, 6.07) is 7.26. The van der Waals surface area contributed by atoms with Crippen LogP contribution in [0.15, 0.2) is 24.3 Å². The van der Waals surface area contributed by atoms with Gasteiger partial charge < -0.3 is 10.2 Å². The first kappa shape index (κ1) is 12.6. The summed E-state index contributed by atoms with van der Waals surface area (Å²) in [5.74, 6) is -0.103. The van der Waals surface area contributed by atoms with Crippen LogP contribution in [-0.4, -0.2) is 36.0 Å². The minimum atomic E-state index is -0.257. The van der Waals surface area contributed by atoms with Gasteiger partial charge in [0.1, 0.15) is 5.82 Å². The lowest BCUT2D eigenvalue weighted by Gasteiger charge is -2.24. The van der Waals surface area contributed by atoms with Crippen LogP contribution in [0.5, 0.6) is 0 Å². The number of likely N-dealkylation sites (tertiary alicyclic amines) is 1. The molecule has 2 saturated heterocycles. The fourth-order valence-corrected chi connectivity index (χ4v) is 3.06. The molecule has 0 saturated carbocycles. The van der Waals surface area contributed by atoms with Crippen LogP contribution < -0.4 is 5.32 Å². The summed E-state index contributed by atoms with van der Waals surface area (Å²) in [6.07, 6.45) is 3.83. The highest BCUT2D eigenvalue weighted by Crippen LogP contribution is 2.20. The van der Waals surface area contributed by atoms with Gasteiger partial charge in [-0.15, -0.1) is 0 Å². The number of hydrogen-bond acceptors (Lipinski definition) is 2. The Labute approximate surface area is 112 Å². The van der Waals surface area contributed by atoms with Crippen LogP contribution in [-0.2, 0) is 11.2 Å². The molecule has 2 unspecified atom stereocenters. The molecule has 0 radical (unpaired) electrons. The molecule has 2 aliphatic heterocycles. The van der Waals surface area contributed by atoms with Crippen molar-refractivity contribution in [3.05, 3.63) is 35.6 Å². The van der Waals surface area contributed by atoms with Gasteiger partial charge in [-0.2, -0.15) is 0 Å². The van der Waals surface area contributed by atoms with E-state index in [1.165, 1.54) is 25.0 Å². The van der Waals surface area contributed by atoms with Crippen LogP contribution in [0.4, 0.5) is 4.39 Å². The number of halogens is 1. The van der Waals surface area contributed by atoms with E-state index in [1.807, 2.05) is 4.90 Å². The van der Waals surface area contributed by atoms with Crippen LogP contribution in [0.2, 0.25) is 0 Å². The first-order valence-electron chi connectivity index (χ1n) is 6.99. The monoisotopic (exact) mass is 262 g/mol. The van der Waals surface area contributed by atoms with Crippen LogP contribution >= 0.6 is 0 Å². The van der Waals surface area contributed by atoms with Crippen molar-refractivity contribution in [2.24, 2.45) is 0 Å². The van der Waals surface area contributed by atoms with E-state index in [9.17, 15) is 9.18 Å². The van der Waals surface area contributed by atoms with Crippen LogP contribution in [0.25, 0.3) is 0 Å². The van der Waals surface area contributed by atoms with Crippen LogP contribution in [0, 0.1) is 5.82 Å². The lowest BCUT2D eigenvalue weighted by Crippen LogP contribution is -2.39. The molecule has 19 heavy (non-hydrogen) atoms. The van der Waals surface area contributed by atoms with Crippen LogP contribution in [0.3, 0.4) is 0 Å². The number of nitrogens with zero attached hydrogens (tertiary/aromatic N) is 1. The van der Waals surface area contributed by atoms with Gasteiger partial charge in [-0.1, -0.05) is 12.1 Å². The summed E-state index contributed by atoms with van der Waals surface area (Å²) in [5.41, 5.74) is 0.883. The van der Waals surface area contributed by atoms with Crippen molar-refractivity contribution >= 4 is 5.91 Å². The van der Waals surface area contributed by atoms with Crippen molar-refractivity contribution in [3.8, 4) is 0 Å². The molecule has 0 spiro atoms. The lowest BCUT2D eigenvalue weighted by molar-refractivity contribution is -0.130. The Bertz CT molecular complexity index is 460. The van der Waals surface area contributed by atoms with E-state index < -0.39 is 0 Å². The summed E-state index contributed by atoms with van der Waals surface area (Å²) in [5, 5.41) is 3.57. The maximum atomic E-state index is 12.8. The minimum absolute atomic E-state index is 0.154. The molecule has 2 aliphatic rings. The largest absolute Gasteiger partial charge is 0.341 e. The predicted octanol–water partition coefficient (Wildman–Crippen LogP) is 1.72. The standard InChI is InChI=1S/C15H19FN2O/c16-12-3-1-11(2-4-12)9-15(19)18-8-7-13-5-6-14(10-18)17-13/h1-4,13-14,17H,5-10H2. The number of carbonyl (C=O) groups is 1. The SMILES string of the molecule is O=C(Cc1ccc(F)cc1)N1CCC2CCC(C1)N2. The average molecular weight is 262 g/mol. The van der Waals surface area contributed by atoms with Gasteiger partial charge in [-0.05, 0) is 37.0 Å². The Morgan fingerprint density at radius 2 is 1.95 bits per heavy atom. The number of carbonyl (C=O) groups excluding carboxylic acids is 1. The van der Waals surface area contributed by atoms with E-state index in [2.05, 4.69) is 5.32 Å². The molecule has 2 heterocycles. The van der Waals surface area contributed by atoms with Gasteiger partial charge in [-0.25, -0.2) is 4.39 Å². The fourth-order valence-electron chi connectivity index (χ4n) is 3.06. The van der Waals surface area contributed by atoms with Gasteiger partial charge in [0.2, 0.25) is 5.91 Å². The van der Waals surface area contributed by atoms with Gasteiger partial charge in [0.05, 0.1) is 6.42 Å². The summed E-state index contributed by atoms with van der Waals surface area (Å²) in [7, 11) is 0. The lowest BCUT2D eigenvalue weighted by atomic mass is 10.1. The van der Waals surface area contributed by atoms with Gasteiger partial charge in [0.15, 0.2) is 0 Å². The molecular formula is C15H19FN2O. The van der Waals surface area contributed by atoms with Gasteiger partial charge in [0.25, 0.3) is 0 Å². The number of benzene rings is 1. The maximum absolute atomic E-state index is 12.8. The van der Waals surface area contributed by atoms with Gasteiger partial charge >= 0.3 is 0 Å². The predicted molar refractivity (Wildman–Crippen MR) is 71.2 cm³/mol. The highest BCUT2D eigenvalue weighted by molar-refractivity contribution is 5.78. The molecule has 102 valence electrons. The summed E-state index contributed by atoms with van der Waals surface area (Å²) in [4.78, 5) is 14.2. The Morgan fingerprint density at radius 1 is 1.21 bits per heavy atom. The van der Waals surface area contributed by atoms with Crippen molar-refractivity contribution in [1.82, 2.24) is 10.2 Å². The van der Waals surface area contributed by atoms with E-state index in [0.29, 0.717) is 18.5 Å². The average Bonchev–Trinajstić information content (AvgIpc) is 2.71. The first-order valence-corrected chi connectivity index (χ1v) is 6.99. The molecule has 0 aromatic heterocycles. The third-order valence-corrected chi connectivity index (χ3v) is 4.14. The smallest absolute Gasteiger partial charge is 0.227 e. The fraction of sp³-hybridized carbons (Fsp3) is 0.533. The summed E-state index contributed by atoms with van der Waals surface area (Å²) < 4.78 is 12.8. The van der Waals surface area contributed by atoms with Crippen molar-refractivity contribution < 1.29 is 9.18 Å². The van der Waals surface area contributed by atoms with E-state index in [1.54, 1.807) is 12.1 Å². The van der Waals surface area contributed by atoms with Gasteiger partial charge in [-0.3, -0.25) is 4.79 Å². The van der Waals surface area contributed by atoms with Gasteiger partial charge in [0, 0.05) is 25.2 Å². The molecule has 0 aliphatic carbocycles. The molecule has 4 heteroatoms. The Balaban J connectivity index is 1.62.